The fourth-order valence-electron chi connectivity index (χ4n) is 2.10. The first kappa shape index (κ1) is 16.6. The van der Waals surface area contributed by atoms with Crippen molar-refractivity contribution in [2.75, 3.05) is 13.6 Å². The fourth-order valence-corrected chi connectivity index (χ4v) is 2.10. The van der Waals surface area contributed by atoms with E-state index in [0.717, 1.165) is 13.0 Å². The van der Waals surface area contributed by atoms with Crippen LogP contribution in [0.5, 0.6) is 0 Å². The number of hydrogen-bond donors (Lipinski definition) is 0. The van der Waals surface area contributed by atoms with Gasteiger partial charge in [-0.15, -0.1) is 0 Å². The molecule has 0 radical (unpaired) electrons. The first-order valence-corrected chi connectivity index (χ1v) is 7.69. The van der Waals surface area contributed by atoms with E-state index in [9.17, 15) is 4.39 Å². The predicted molar refractivity (Wildman–Crippen MR) is 84.9 cm³/mol. The minimum atomic E-state index is -0.258. The van der Waals surface area contributed by atoms with Gasteiger partial charge >= 0.3 is 0 Å². The quantitative estimate of drug-likeness (QED) is 0.801. The molecule has 1 aromatic heterocycles. The van der Waals surface area contributed by atoms with Crippen LogP contribution in [0.25, 0.3) is 11.4 Å². The van der Waals surface area contributed by atoms with E-state index >= 15 is 0 Å². The highest BCUT2D eigenvalue weighted by atomic mass is 19.1. The summed E-state index contributed by atoms with van der Waals surface area (Å²) in [6, 6.07) is 5.01. The van der Waals surface area contributed by atoms with Gasteiger partial charge in [-0.05, 0) is 51.4 Å². The third-order valence-corrected chi connectivity index (χ3v) is 3.95. The molecule has 4 nitrogen and oxygen atoms in total. The average molecular weight is 305 g/mol. The number of rotatable bonds is 6. The normalized spacial score (nSPS) is 13.1. The Bertz CT molecular complexity index is 624. The second-order valence-electron chi connectivity index (χ2n) is 6.26. The molecule has 0 unspecified atom stereocenters. The van der Waals surface area contributed by atoms with Crippen molar-refractivity contribution in [2.24, 2.45) is 5.92 Å². The molecular formula is C17H24FN3O. The standard InChI is InChI=1S/C17H24FN3O/c1-11(2)8-9-21(5)13(4)17-19-16(20-22-17)14-7-6-12(3)15(18)10-14/h6-7,10-11,13H,8-9H2,1-5H3/t13-/m1/s1. The van der Waals surface area contributed by atoms with Gasteiger partial charge < -0.3 is 4.52 Å². The van der Waals surface area contributed by atoms with Crippen molar-refractivity contribution < 1.29 is 8.91 Å². The van der Waals surface area contributed by atoms with Crippen molar-refractivity contribution in [1.82, 2.24) is 15.0 Å². The summed E-state index contributed by atoms with van der Waals surface area (Å²) in [5.41, 5.74) is 1.24. The zero-order valence-electron chi connectivity index (χ0n) is 13.9. The van der Waals surface area contributed by atoms with E-state index in [1.807, 2.05) is 14.0 Å². The van der Waals surface area contributed by atoms with Crippen LogP contribution in [0.15, 0.2) is 22.7 Å². The summed E-state index contributed by atoms with van der Waals surface area (Å²) >= 11 is 0. The SMILES string of the molecule is Cc1ccc(-c2noc([C@@H](C)N(C)CCC(C)C)n2)cc1F. The van der Waals surface area contributed by atoms with Crippen LogP contribution in [0.4, 0.5) is 4.39 Å². The molecule has 0 spiro atoms. The number of hydrogen-bond acceptors (Lipinski definition) is 4. The first-order chi connectivity index (χ1) is 10.4. The molecule has 0 aliphatic carbocycles. The van der Waals surface area contributed by atoms with Crippen molar-refractivity contribution in [3.63, 3.8) is 0 Å². The van der Waals surface area contributed by atoms with Gasteiger partial charge in [-0.3, -0.25) is 4.90 Å². The lowest BCUT2D eigenvalue weighted by Gasteiger charge is -2.22. The van der Waals surface area contributed by atoms with Crippen LogP contribution in [0.3, 0.4) is 0 Å². The molecule has 0 bridgehead atoms. The molecule has 5 heteroatoms. The molecule has 0 saturated carbocycles. The predicted octanol–water partition coefficient (Wildman–Crippen LogP) is 4.22. The second-order valence-corrected chi connectivity index (χ2v) is 6.26. The lowest BCUT2D eigenvalue weighted by atomic mass is 10.1. The largest absolute Gasteiger partial charge is 0.337 e. The van der Waals surface area contributed by atoms with E-state index in [4.69, 9.17) is 4.52 Å². The summed E-state index contributed by atoms with van der Waals surface area (Å²) in [6.07, 6.45) is 1.12. The molecule has 1 heterocycles. The Hall–Kier alpha value is -1.75. The van der Waals surface area contributed by atoms with Crippen LogP contribution in [0.1, 0.15) is 44.7 Å². The molecule has 0 N–H and O–H groups in total. The summed E-state index contributed by atoms with van der Waals surface area (Å²) in [5, 5.41) is 3.98. The molecule has 120 valence electrons. The van der Waals surface area contributed by atoms with Crippen molar-refractivity contribution in [3.05, 3.63) is 35.5 Å². The lowest BCUT2D eigenvalue weighted by molar-refractivity contribution is 0.200. The molecule has 2 aromatic rings. The van der Waals surface area contributed by atoms with Crippen LogP contribution in [-0.2, 0) is 0 Å². The van der Waals surface area contributed by atoms with Crippen LogP contribution in [0.2, 0.25) is 0 Å². The first-order valence-electron chi connectivity index (χ1n) is 7.69. The molecular weight excluding hydrogens is 281 g/mol. The number of aromatic nitrogens is 2. The Kier molecular flexibility index (Phi) is 5.29. The molecule has 1 aromatic carbocycles. The van der Waals surface area contributed by atoms with E-state index in [0.29, 0.717) is 28.8 Å². The number of benzene rings is 1. The minimum Gasteiger partial charge on any atom is -0.337 e. The maximum absolute atomic E-state index is 13.6. The highest BCUT2D eigenvalue weighted by molar-refractivity contribution is 5.54. The molecule has 0 amide bonds. The molecule has 2 rings (SSSR count). The molecule has 0 fully saturated rings. The molecule has 1 atom stereocenters. The van der Waals surface area contributed by atoms with Gasteiger partial charge in [-0.2, -0.15) is 4.98 Å². The summed E-state index contributed by atoms with van der Waals surface area (Å²) < 4.78 is 19.0. The third-order valence-electron chi connectivity index (χ3n) is 3.95. The van der Waals surface area contributed by atoms with Gasteiger partial charge in [0.25, 0.3) is 0 Å². The van der Waals surface area contributed by atoms with E-state index in [-0.39, 0.29) is 11.9 Å². The van der Waals surface area contributed by atoms with Crippen molar-refractivity contribution in [1.29, 1.82) is 0 Å². The number of nitrogens with zero attached hydrogens (tertiary/aromatic N) is 3. The van der Waals surface area contributed by atoms with Crippen molar-refractivity contribution in [3.8, 4) is 11.4 Å². The Morgan fingerprint density at radius 1 is 1.27 bits per heavy atom. The van der Waals surface area contributed by atoms with Crippen LogP contribution in [-0.4, -0.2) is 28.6 Å². The summed E-state index contributed by atoms with van der Waals surface area (Å²) in [5.74, 6) is 1.38. The van der Waals surface area contributed by atoms with E-state index in [1.54, 1.807) is 19.1 Å². The average Bonchev–Trinajstić information content (AvgIpc) is 2.96. The van der Waals surface area contributed by atoms with Gasteiger partial charge in [-0.25, -0.2) is 4.39 Å². The Balaban J connectivity index is 2.11. The van der Waals surface area contributed by atoms with Gasteiger partial charge in [0.05, 0.1) is 6.04 Å². The molecule has 22 heavy (non-hydrogen) atoms. The third kappa shape index (κ3) is 3.91. The number of halogens is 1. The number of aryl methyl sites for hydroxylation is 1. The maximum Gasteiger partial charge on any atom is 0.244 e. The summed E-state index contributed by atoms with van der Waals surface area (Å²) in [6.45, 7) is 9.14. The zero-order chi connectivity index (χ0) is 16.3. The van der Waals surface area contributed by atoms with Crippen molar-refractivity contribution >= 4 is 0 Å². The molecule has 0 aliphatic rings. The molecule has 0 aliphatic heterocycles. The lowest BCUT2D eigenvalue weighted by Crippen LogP contribution is -2.24. The van der Waals surface area contributed by atoms with Crippen LogP contribution < -0.4 is 0 Å². The second kappa shape index (κ2) is 7.01. The van der Waals surface area contributed by atoms with Gasteiger partial charge in [0.2, 0.25) is 11.7 Å². The van der Waals surface area contributed by atoms with Gasteiger partial charge in [-0.1, -0.05) is 31.1 Å². The minimum absolute atomic E-state index is 0.0373. The monoisotopic (exact) mass is 305 g/mol. The van der Waals surface area contributed by atoms with E-state index < -0.39 is 0 Å². The van der Waals surface area contributed by atoms with Crippen LogP contribution in [0, 0.1) is 18.7 Å². The summed E-state index contributed by atoms with van der Waals surface area (Å²) in [4.78, 5) is 6.60. The highest BCUT2D eigenvalue weighted by Gasteiger charge is 2.19. The van der Waals surface area contributed by atoms with E-state index in [2.05, 4.69) is 28.9 Å². The fraction of sp³-hybridized carbons (Fsp3) is 0.529. The summed E-state index contributed by atoms with van der Waals surface area (Å²) in [7, 11) is 2.04. The smallest absolute Gasteiger partial charge is 0.244 e. The Morgan fingerprint density at radius 3 is 2.64 bits per heavy atom. The van der Waals surface area contributed by atoms with Gasteiger partial charge in [0, 0.05) is 5.56 Å². The highest BCUT2D eigenvalue weighted by Crippen LogP contribution is 2.23. The maximum atomic E-state index is 13.6. The van der Waals surface area contributed by atoms with Gasteiger partial charge in [0.15, 0.2) is 0 Å². The van der Waals surface area contributed by atoms with Crippen LogP contribution >= 0.6 is 0 Å². The molecule has 0 saturated heterocycles. The van der Waals surface area contributed by atoms with E-state index in [1.165, 1.54) is 6.07 Å². The Labute approximate surface area is 131 Å². The van der Waals surface area contributed by atoms with Crippen molar-refractivity contribution in [2.45, 2.75) is 40.2 Å². The van der Waals surface area contributed by atoms with Gasteiger partial charge in [0.1, 0.15) is 5.82 Å². The Morgan fingerprint density at radius 2 is 2.00 bits per heavy atom. The zero-order valence-corrected chi connectivity index (χ0v) is 13.9. The topological polar surface area (TPSA) is 42.2 Å².